The van der Waals surface area contributed by atoms with Crippen LogP contribution in [0.4, 0.5) is 18.3 Å². The average molecular weight is 311 g/mol. The Morgan fingerprint density at radius 1 is 1.45 bits per heavy atom. The molecule has 20 heavy (non-hydrogen) atoms. The van der Waals surface area contributed by atoms with Gasteiger partial charge in [0, 0.05) is 18.0 Å². The zero-order valence-corrected chi connectivity index (χ0v) is 11.4. The number of hydrogen-bond acceptors (Lipinski definition) is 6. The zero-order chi connectivity index (χ0) is 15.4. The fourth-order valence-electron chi connectivity index (χ4n) is 1.29. The molecule has 1 heterocycles. The fourth-order valence-corrected chi connectivity index (χ4v) is 1.87. The van der Waals surface area contributed by atoms with Crippen LogP contribution in [0.5, 0.6) is 0 Å². The van der Waals surface area contributed by atoms with Crippen LogP contribution in [0.2, 0.25) is 0 Å². The van der Waals surface area contributed by atoms with Crippen molar-refractivity contribution in [3.8, 4) is 0 Å². The molecule has 0 saturated heterocycles. The molecule has 10 heteroatoms. The Hall–Kier alpha value is -1.84. The number of carbonyl (C=O) groups excluding carboxylic acids is 2. The molecule has 0 saturated carbocycles. The number of rotatable bonds is 5. The largest absolute Gasteiger partial charge is 0.466 e. The van der Waals surface area contributed by atoms with Gasteiger partial charge in [0.05, 0.1) is 7.11 Å². The highest BCUT2D eigenvalue weighted by molar-refractivity contribution is 7.13. The maximum absolute atomic E-state index is 13.3. The summed E-state index contributed by atoms with van der Waals surface area (Å²) in [5, 5.41) is 4.77. The first-order chi connectivity index (χ1) is 9.26. The smallest absolute Gasteiger partial charge is 0.442 e. The standard InChI is InChI=1S/C10H12F3N3O3S/c1-3-6(17)15-9(7(18)19-2,10(11,12)13)16-8-14-4-5-20-8/h4-5H,3H2,1-2H3,(H,14,16)(H,15,17). The molecule has 0 radical (unpaired) electrons. The highest BCUT2D eigenvalue weighted by Crippen LogP contribution is 2.33. The summed E-state index contributed by atoms with van der Waals surface area (Å²) in [5.41, 5.74) is -3.37. The number of carbonyl (C=O) groups is 2. The predicted molar refractivity (Wildman–Crippen MR) is 65.0 cm³/mol. The average Bonchev–Trinajstić information content (AvgIpc) is 2.88. The summed E-state index contributed by atoms with van der Waals surface area (Å²) in [5.74, 6) is -2.64. The summed E-state index contributed by atoms with van der Waals surface area (Å²) in [4.78, 5) is 26.6. The van der Waals surface area contributed by atoms with E-state index in [9.17, 15) is 22.8 Å². The van der Waals surface area contributed by atoms with E-state index in [1.165, 1.54) is 18.5 Å². The van der Waals surface area contributed by atoms with Gasteiger partial charge in [-0.05, 0) is 0 Å². The van der Waals surface area contributed by atoms with E-state index in [-0.39, 0.29) is 11.6 Å². The number of nitrogens with zero attached hydrogens (tertiary/aromatic N) is 1. The molecule has 0 fully saturated rings. The van der Waals surface area contributed by atoms with E-state index in [0.29, 0.717) is 0 Å². The van der Waals surface area contributed by atoms with Gasteiger partial charge in [-0.15, -0.1) is 11.3 Å². The lowest BCUT2D eigenvalue weighted by molar-refractivity contribution is -0.206. The van der Waals surface area contributed by atoms with E-state index in [4.69, 9.17) is 0 Å². The molecule has 1 rings (SSSR count). The molecule has 6 nitrogen and oxygen atoms in total. The van der Waals surface area contributed by atoms with Crippen molar-refractivity contribution >= 4 is 28.3 Å². The summed E-state index contributed by atoms with van der Waals surface area (Å²) < 4.78 is 44.1. The van der Waals surface area contributed by atoms with Crippen LogP contribution in [0.15, 0.2) is 11.6 Å². The second kappa shape index (κ2) is 6.07. The number of methoxy groups -OCH3 is 1. The van der Waals surface area contributed by atoms with Crippen molar-refractivity contribution in [2.24, 2.45) is 0 Å². The van der Waals surface area contributed by atoms with Crippen LogP contribution in [0.25, 0.3) is 0 Å². The van der Waals surface area contributed by atoms with Crippen molar-refractivity contribution in [1.82, 2.24) is 10.3 Å². The van der Waals surface area contributed by atoms with Crippen molar-refractivity contribution < 1.29 is 27.5 Å². The van der Waals surface area contributed by atoms with Crippen LogP contribution in [-0.2, 0) is 14.3 Å². The van der Waals surface area contributed by atoms with E-state index in [1.54, 1.807) is 5.32 Å². The molecule has 0 aromatic carbocycles. The Morgan fingerprint density at radius 3 is 2.50 bits per heavy atom. The molecule has 0 aliphatic rings. The summed E-state index contributed by atoms with van der Waals surface area (Å²) >= 11 is 0.847. The van der Waals surface area contributed by atoms with Crippen LogP contribution < -0.4 is 10.6 Å². The minimum Gasteiger partial charge on any atom is -0.466 e. The molecule has 1 unspecified atom stereocenters. The van der Waals surface area contributed by atoms with Gasteiger partial charge < -0.3 is 15.4 Å². The second-order valence-electron chi connectivity index (χ2n) is 3.60. The summed E-state index contributed by atoms with van der Waals surface area (Å²) in [7, 11) is 0.796. The van der Waals surface area contributed by atoms with Gasteiger partial charge in [-0.2, -0.15) is 13.2 Å². The third-order valence-electron chi connectivity index (χ3n) is 2.29. The Bertz CT molecular complexity index is 478. The molecule has 2 N–H and O–H groups in total. The Balaban J connectivity index is 3.25. The van der Waals surface area contributed by atoms with Crippen molar-refractivity contribution in [3.63, 3.8) is 0 Å². The van der Waals surface area contributed by atoms with E-state index in [1.807, 2.05) is 5.32 Å². The number of anilines is 1. The van der Waals surface area contributed by atoms with Crippen LogP contribution in [0.3, 0.4) is 0 Å². The van der Waals surface area contributed by atoms with Gasteiger partial charge in [0.2, 0.25) is 5.91 Å². The Morgan fingerprint density at radius 2 is 2.10 bits per heavy atom. The zero-order valence-electron chi connectivity index (χ0n) is 10.6. The van der Waals surface area contributed by atoms with E-state index < -0.39 is 23.7 Å². The van der Waals surface area contributed by atoms with Gasteiger partial charge in [-0.25, -0.2) is 9.78 Å². The first-order valence-electron chi connectivity index (χ1n) is 5.40. The van der Waals surface area contributed by atoms with Gasteiger partial charge in [-0.3, -0.25) is 4.79 Å². The van der Waals surface area contributed by atoms with Crippen molar-refractivity contribution in [2.75, 3.05) is 12.4 Å². The lowest BCUT2D eigenvalue weighted by Crippen LogP contribution is -2.69. The molecule has 0 aliphatic carbocycles. The molecule has 0 spiro atoms. The van der Waals surface area contributed by atoms with E-state index in [2.05, 4.69) is 9.72 Å². The van der Waals surface area contributed by atoms with Crippen molar-refractivity contribution in [1.29, 1.82) is 0 Å². The van der Waals surface area contributed by atoms with Gasteiger partial charge >= 0.3 is 17.8 Å². The number of aromatic nitrogens is 1. The maximum Gasteiger partial charge on any atom is 0.442 e. The number of halogens is 3. The maximum atomic E-state index is 13.3. The third-order valence-corrected chi connectivity index (χ3v) is 2.98. The summed E-state index contributed by atoms with van der Waals surface area (Å²) in [6.45, 7) is 1.36. The highest BCUT2D eigenvalue weighted by atomic mass is 32.1. The molecule has 1 amide bonds. The minimum atomic E-state index is -5.11. The number of ether oxygens (including phenoxy) is 1. The highest BCUT2D eigenvalue weighted by Gasteiger charge is 2.63. The van der Waals surface area contributed by atoms with Gasteiger partial charge in [0.15, 0.2) is 5.13 Å². The lowest BCUT2D eigenvalue weighted by atomic mass is 10.1. The van der Waals surface area contributed by atoms with Gasteiger partial charge in [0.1, 0.15) is 0 Å². The third kappa shape index (κ3) is 3.18. The predicted octanol–water partition coefficient (Wildman–Crippen LogP) is 1.51. The Labute approximate surface area is 116 Å². The van der Waals surface area contributed by atoms with Crippen LogP contribution >= 0.6 is 11.3 Å². The SMILES string of the molecule is CCC(=O)NC(Nc1nccs1)(C(=O)OC)C(F)(F)F. The molecular weight excluding hydrogens is 299 g/mol. The van der Waals surface area contributed by atoms with E-state index in [0.717, 1.165) is 18.4 Å². The molecule has 0 aliphatic heterocycles. The number of amides is 1. The number of thiazole rings is 1. The first kappa shape index (κ1) is 16.2. The van der Waals surface area contributed by atoms with Crippen LogP contribution in [0, 0.1) is 0 Å². The minimum absolute atomic E-state index is 0.177. The number of hydrogen-bond donors (Lipinski definition) is 2. The Kier molecular flexibility index (Phi) is 4.93. The van der Waals surface area contributed by atoms with Crippen LogP contribution in [0.1, 0.15) is 13.3 Å². The van der Waals surface area contributed by atoms with Crippen molar-refractivity contribution in [3.05, 3.63) is 11.6 Å². The molecular formula is C10H12F3N3O3S. The molecule has 112 valence electrons. The second-order valence-corrected chi connectivity index (χ2v) is 4.50. The lowest BCUT2D eigenvalue weighted by Gasteiger charge is -2.33. The molecule has 1 aromatic heterocycles. The molecule has 1 aromatic rings. The summed E-state index contributed by atoms with van der Waals surface area (Å²) in [6.07, 6.45) is -4.09. The monoisotopic (exact) mass is 311 g/mol. The van der Waals surface area contributed by atoms with Gasteiger partial charge in [-0.1, -0.05) is 6.92 Å². The quantitative estimate of drug-likeness (QED) is 0.636. The molecule has 0 bridgehead atoms. The first-order valence-corrected chi connectivity index (χ1v) is 6.28. The number of esters is 1. The van der Waals surface area contributed by atoms with Crippen LogP contribution in [-0.4, -0.2) is 35.8 Å². The number of alkyl halides is 3. The fraction of sp³-hybridized carbons (Fsp3) is 0.500. The van der Waals surface area contributed by atoms with Gasteiger partial charge in [0.25, 0.3) is 0 Å². The van der Waals surface area contributed by atoms with E-state index >= 15 is 0 Å². The summed E-state index contributed by atoms with van der Waals surface area (Å²) in [6, 6.07) is 0. The topological polar surface area (TPSA) is 80.3 Å². The number of nitrogens with one attached hydrogen (secondary N) is 2. The molecule has 1 atom stereocenters. The van der Waals surface area contributed by atoms with Crippen molar-refractivity contribution in [2.45, 2.75) is 25.2 Å². The normalized spacial score (nSPS) is 14.2.